The fourth-order valence-corrected chi connectivity index (χ4v) is 2.29. The van der Waals surface area contributed by atoms with E-state index in [-0.39, 0.29) is 11.7 Å². The van der Waals surface area contributed by atoms with Crippen molar-refractivity contribution in [2.75, 3.05) is 5.32 Å². The van der Waals surface area contributed by atoms with Crippen LogP contribution in [-0.2, 0) is 4.79 Å². The topological polar surface area (TPSA) is 68.3 Å². The third kappa shape index (κ3) is 4.13. The maximum Gasteiger partial charge on any atom is 0.266 e. The van der Waals surface area contributed by atoms with Gasteiger partial charge >= 0.3 is 0 Å². The van der Waals surface area contributed by atoms with Gasteiger partial charge in [0.05, 0.1) is 11.1 Å². The van der Waals surface area contributed by atoms with E-state index in [9.17, 15) is 9.59 Å². The van der Waals surface area contributed by atoms with Gasteiger partial charge in [0.1, 0.15) is 5.75 Å². The van der Waals surface area contributed by atoms with Crippen LogP contribution in [0.3, 0.4) is 0 Å². The van der Waals surface area contributed by atoms with E-state index in [2.05, 4.69) is 10.3 Å². The average Bonchev–Trinajstić information content (AvgIpc) is 2.90. The minimum atomic E-state index is -0.655. The molecule has 0 aliphatic rings. The summed E-state index contributed by atoms with van der Waals surface area (Å²) in [7, 11) is 0. The second kappa shape index (κ2) is 6.49. The number of anilines is 1. The predicted molar refractivity (Wildman–Crippen MR) is 82.0 cm³/mol. The Hall–Kier alpha value is -2.21. The van der Waals surface area contributed by atoms with Crippen LogP contribution in [0.2, 0.25) is 0 Å². The highest BCUT2D eigenvalue weighted by molar-refractivity contribution is 7.17. The third-order valence-corrected chi connectivity index (χ3v) is 3.80. The summed E-state index contributed by atoms with van der Waals surface area (Å²) in [6.07, 6.45) is 0.797. The summed E-state index contributed by atoms with van der Waals surface area (Å²) < 4.78 is 5.56. The van der Waals surface area contributed by atoms with Crippen LogP contribution in [0.25, 0.3) is 0 Å². The fraction of sp³-hybridized carbons (Fsp3) is 0.267. The normalized spacial score (nSPS) is 11.8. The molecule has 21 heavy (non-hydrogen) atoms. The van der Waals surface area contributed by atoms with Crippen LogP contribution in [0.1, 0.15) is 29.1 Å². The smallest absolute Gasteiger partial charge is 0.266 e. The van der Waals surface area contributed by atoms with Gasteiger partial charge < -0.3 is 4.74 Å². The number of aromatic nitrogens is 1. The van der Waals surface area contributed by atoms with E-state index in [0.29, 0.717) is 15.8 Å². The number of carbonyl (C=O) groups is 2. The Morgan fingerprint density at radius 2 is 1.95 bits per heavy atom. The van der Waals surface area contributed by atoms with E-state index in [1.165, 1.54) is 13.1 Å². The van der Waals surface area contributed by atoms with E-state index in [4.69, 9.17) is 4.74 Å². The molecule has 0 aliphatic carbocycles. The molecule has 1 N–H and O–H groups in total. The zero-order valence-electron chi connectivity index (χ0n) is 12.0. The Labute approximate surface area is 127 Å². The van der Waals surface area contributed by atoms with Crippen molar-refractivity contribution in [3.8, 4) is 5.75 Å². The summed E-state index contributed by atoms with van der Waals surface area (Å²) in [6.45, 7) is 5.10. The van der Waals surface area contributed by atoms with Crippen LogP contribution in [0.4, 0.5) is 5.13 Å². The van der Waals surface area contributed by atoms with Crippen LogP contribution in [0.5, 0.6) is 5.75 Å². The highest BCUT2D eigenvalue weighted by Gasteiger charge is 2.17. The summed E-state index contributed by atoms with van der Waals surface area (Å²) in [5.41, 5.74) is 1.12. The van der Waals surface area contributed by atoms with Gasteiger partial charge in [-0.2, -0.15) is 0 Å². The van der Waals surface area contributed by atoms with Crippen molar-refractivity contribution in [3.05, 3.63) is 40.9 Å². The van der Waals surface area contributed by atoms with Gasteiger partial charge in [0.2, 0.25) is 0 Å². The van der Waals surface area contributed by atoms with E-state index in [0.717, 1.165) is 16.9 Å². The second-order valence-corrected chi connectivity index (χ2v) is 5.68. The number of benzene rings is 1. The molecule has 2 aromatic rings. The Morgan fingerprint density at radius 1 is 1.29 bits per heavy atom. The monoisotopic (exact) mass is 304 g/mol. The molecule has 6 heteroatoms. The van der Waals surface area contributed by atoms with Crippen LogP contribution in [-0.4, -0.2) is 22.8 Å². The molecule has 1 amide bonds. The molecular formula is C15H16N2O3S. The first kappa shape index (κ1) is 15.2. The van der Waals surface area contributed by atoms with E-state index in [1.54, 1.807) is 6.92 Å². The molecular weight excluding hydrogens is 288 g/mol. The van der Waals surface area contributed by atoms with E-state index < -0.39 is 6.10 Å². The summed E-state index contributed by atoms with van der Waals surface area (Å²) in [4.78, 5) is 27.7. The number of thiazole rings is 1. The number of aryl methyl sites for hydroxylation is 1. The van der Waals surface area contributed by atoms with Crippen molar-refractivity contribution >= 4 is 28.2 Å². The third-order valence-electron chi connectivity index (χ3n) is 2.79. The van der Waals surface area contributed by atoms with Crippen molar-refractivity contribution in [3.63, 3.8) is 0 Å². The molecule has 1 atom stereocenters. The molecule has 110 valence electrons. The molecule has 0 bridgehead atoms. The molecule has 0 saturated carbocycles. The molecule has 0 unspecified atom stereocenters. The molecule has 1 heterocycles. The number of rotatable bonds is 5. The average molecular weight is 304 g/mol. The minimum Gasteiger partial charge on any atom is -0.481 e. The molecule has 5 nitrogen and oxygen atoms in total. The zero-order chi connectivity index (χ0) is 15.4. The number of nitrogens with zero attached hydrogens (tertiary/aromatic N) is 1. The SMILES string of the molecule is CC(=O)c1cnc(NC(=O)[C@@H](C)Oc2ccc(C)cc2)s1. The van der Waals surface area contributed by atoms with Crippen LogP contribution >= 0.6 is 11.3 Å². The zero-order valence-corrected chi connectivity index (χ0v) is 12.9. The lowest BCUT2D eigenvalue weighted by Gasteiger charge is -2.13. The van der Waals surface area contributed by atoms with Crippen LogP contribution < -0.4 is 10.1 Å². The lowest BCUT2D eigenvalue weighted by molar-refractivity contribution is -0.122. The van der Waals surface area contributed by atoms with Crippen molar-refractivity contribution in [2.24, 2.45) is 0 Å². The number of nitrogens with one attached hydrogen (secondary N) is 1. The van der Waals surface area contributed by atoms with Gasteiger partial charge in [-0.05, 0) is 26.0 Å². The summed E-state index contributed by atoms with van der Waals surface area (Å²) in [6, 6.07) is 7.46. The van der Waals surface area contributed by atoms with Gasteiger partial charge in [-0.1, -0.05) is 29.0 Å². The van der Waals surface area contributed by atoms with Crippen molar-refractivity contribution in [1.82, 2.24) is 4.98 Å². The summed E-state index contributed by atoms with van der Waals surface area (Å²) in [5, 5.41) is 3.03. The van der Waals surface area contributed by atoms with Gasteiger partial charge in [-0.15, -0.1) is 0 Å². The molecule has 0 radical (unpaired) electrons. The standard InChI is InChI=1S/C15H16N2O3S/c1-9-4-6-12(7-5-9)20-11(3)14(19)17-15-16-8-13(21-15)10(2)18/h4-8,11H,1-3H3,(H,16,17,19)/t11-/m1/s1. The number of hydrogen-bond acceptors (Lipinski definition) is 5. The molecule has 0 fully saturated rings. The lowest BCUT2D eigenvalue weighted by atomic mass is 10.2. The minimum absolute atomic E-state index is 0.0723. The number of hydrogen-bond donors (Lipinski definition) is 1. The molecule has 1 aromatic carbocycles. The fourth-order valence-electron chi connectivity index (χ4n) is 1.58. The number of ketones is 1. The maximum absolute atomic E-state index is 12.0. The molecule has 1 aromatic heterocycles. The van der Waals surface area contributed by atoms with Gasteiger partial charge in [0.15, 0.2) is 17.0 Å². The highest BCUT2D eigenvalue weighted by Crippen LogP contribution is 2.19. The van der Waals surface area contributed by atoms with Crippen molar-refractivity contribution in [2.45, 2.75) is 26.9 Å². The van der Waals surface area contributed by atoms with Crippen molar-refractivity contribution < 1.29 is 14.3 Å². The summed E-state index contributed by atoms with van der Waals surface area (Å²) in [5.74, 6) is 0.254. The van der Waals surface area contributed by atoms with E-state index in [1.807, 2.05) is 31.2 Å². The molecule has 0 spiro atoms. The van der Waals surface area contributed by atoms with Gasteiger partial charge in [-0.3, -0.25) is 14.9 Å². The first-order chi connectivity index (χ1) is 9.95. The van der Waals surface area contributed by atoms with Crippen LogP contribution in [0.15, 0.2) is 30.5 Å². The Bertz CT molecular complexity index is 649. The van der Waals surface area contributed by atoms with Gasteiger partial charge in [0, 0.05) is 6.92 Å². The molecule has 0 aliphatic heterocycles. The Balaban J connectivity index is 1.95. The second-order valence-electron chi connectivity index (χ2n) is 4.65. The van der Waals surface area contributed by atoms with Crippen molar-refractivity contribution in [1.29, 1.82) is 0 Å². The number of amides is 1. The lowest BCUT2D eigenvalue weighted by Crippen LogP contribution is -2.30. The summed E-state index contributed by atoms with van der Waals surface area (Å²) >= 11 is 1.15. The molecule has 2 rings (SSSR count). The number of Topliss-reactive ketones (excluding diaryl/α,β-unsaturated/α-hetero) is 1. The largest absolute Gasteiger partial charge is 0.481 e. The van der Waals surface area contributed by atoms with Gasteiger partial charge in [-0.25, -0.2) is 4.98 Å². The van der Waals surface area contributed by atoms with E-state index >= 15 is 0 Å². The number of ether oxygens (including phenoxy) is 1. The highest BCUT2D eigenvalue weighted by atomic mass is 32.1. The van der Waals surface area contributed by atoms with Crippen LogP contribution in [0, 0.1) is 6.92 Å². The predicted octanol–water partition coefficient (Wildman–Crippen LogP) is 3.06. The van der Waals surface area contributed by atoms with Gasteiger partial charge in [0.25, 0.3) is 5.91 Å². The first-order valence-electron chi connectivity index (χ1n) is 6.46. The Morgan fingerprint density at radius 3 is 2.52 bits per heavy atom. The number of carbonyl (C=O) groups excluding carboxylic acids is 2. The first-order valence-corrected chi connectivity index (χ1v) is 7.28. The Kier molecular flexibility index (Phi) is 4.70. The maximum atomic E-state index is 12.0. The quantitative estimate of drug-likeness (QED) is 0.862. The molecule has 0 saturated heterocycles.